The van der Waals surface area contributed by atoms with Crippen molar-refractivity contribution in [2.45, 2.75) is 45.3 Å². The van der Waals surface area contributed by atoms with Crippen LogP contribution in [0.15, 0.2) is 85.2 Å². The maximum Gasteiger partial charge on any atom is 1.00 e. The molecule has 2 saturated heterocycles. The molecule has 2 aliphatic heterocycles. The third-order valence-electron chi connectivity index (χ3n) is 10.0. The second-order valence-electron chi connectivity index (χ2n) is 15.4. The number of aliphatic hydroxyl groups is 2. The molecule has 0 radical (unpaired) electrons. The predicted molar refractivity (Wildman–Crippen MR) is 260 cm³/mol. The molecule has 6 heterocycles. The summed E-state index contributed by atoms with van der Waals surface area (Å²) in [5, 5.41) is 29.1. The van der Waals surface area contributed by atoms with Gasteiger partial charge in [0.25, 0.3) is 11.8 Å². The largest absolute Gasteiger partial charge is 1.00 e. The number of esters is 2. The summed E-state index contributed by atoms with van der Waals surface area (Å²) < 4.78 is 42.3. The van der Waals surface area contributed by atoms with Crippen LogP contribution in [0.2, 0.25) is 5.28 Å². The second kappa shape index (κ2) is 28.2. The smallest absolute Gasteiger partial charge is 0.461 e. The molecule has 73 heavy (non-hydrogen) atoms. The Morgan fingerprint density at radius 1 is 0.726 bits per heavy atom. The van der Waals surface area contributed by atoms with Gasteiger partial charge in [0.15, 0.2) is 17.2 Å². The number of likely N-dealkylation sites (tertiary alicyclic amines) is 2. The Morgan fingerprint density at radius 2 is 1.21 bits per heavy atom. The van der Waals surface area contributed by atoms with Crippen molar-refractivity contribution in [1.29, 1.82) is 0 Å². The normalized spacial score (nSPS) is 16.2. The Bertz CT molecular complexity index is 3000. The molecule has 8 rings (SSSR count). The third-order valence-corrected chi connectivity index (χ3v) is 10.2. The van der Waals surface area contributed by atoms with Crippen LogP contribution in [-0.2, 0) is 33.2 Å². The zero-order valence-corrected chi connectivity index (χ0v) is 44.1. The van der Waals surface area contributed by atoms with E-state index >= 15 is 0 Å². The zero-order chi connectivity index (χ0) is 51.9. The molecule has 6 aromatic rings. The van der Waals surface area contributed by atoms with Crippen LogP contribution in [0.1, 0.15) is 66.2 Å². The predicted octanol–water partition coefficient (Wildman–Crippen LogP) is 2.32. The first kappa shape index (κ1) is 61.0. The summed E-state index contributed by atoms with van der Waals surface area (Å²) in [5.74, 6) is 9.54. The summed E-state index contributed by atoms with van der Waals surface area (Å²) in [6, 6.07) is 23.7. The monoisotopic (exact) mass is 1050 g/mol. The Morgan fingerprint density at radius 3 is 1.64 bits per heavy atom. The van der Waals surface area contributed by atoms with Crippen molar-refractivity contribution in [2.24, 2.45) is 14.1 Å². The first-order valence-corrected chi connectivity index (χ1v) is 21.9. The molecule has 0 spiro atoms. The van der Waals surface area contributed by atoms with Crippen molar-refractivity contribution in [1.82, 2.24) is 49.3 Å². The van der Waals surface area contributed by atoms with E-state index in [9.17, 15) is 42.3 Å². The van der Waals surface area contributed by atoms with E-state index in [1.165, 1.54) is 15.9 Å². The van der Waals surface area contributed by atoms with Crippen LogP contribution in [0, 0.1) is 29.7 Å². The molecular formula is C49H50BClF3KN10O8. The molecule has 376 valence electrons. The summed E-state index contributed by atoms with van der Waals surface area (Å²) in [7, 11) is 3.22. The molecule has 0 unspecified atom stereocenters. The molecule has 2 fully saturated rings. The van der Waals surface area contributed by atoms with Gasteiger partial charge in [-0.2, -0.15) is 40.5 Å². The van der Waals surface area contributed by atoms with Crippen molar-refractivity contribution in [3.05, 3.63) is 119 Å². The number of amides is 2. The van der Waals surface area contributed by atoms with Gasteiger partial charge in [-0.05, 0) is 61.8 Å². The van der Waals surface area contributed by atoms with E-state index in [4.69, 9.17) is 21.1 Å². The zero-order valence-electron chi connectivity index (χ0n) is 40.2. The van der Waals surface area contributed by atoms with E-state index in [2.05, 4.69) is 59.9 Å². The van der Waals surface area contributed by atoms with Crippen LogP contribution in [-0.4, -0.2) is 142 Å². The number of hydrogen-bond donors (Lipinski definition) is 2. The Balaban J connectivity index is 0.000000298. The third kappa shape index (κ3) is 17.4. The van der Waals surface area contributed by atoms with Crippen LogP contribution in [0.3, 0.4) is 0 Å². The van der Waals surface area contributed by atoms with Crippen molar-refractivity contribution in [3.8, 4) is 57.8 Å². The molecule has 2 atom stereocenters. The minimum absolute atomic E-state index is 0. The van der Waals surface area contributed by atoms with Crippen molar-refractivity contribution < 1.29 is 103 Å². The van der Waals surface area contributed by atoms with Gasteiger partial charge in [0.1, 0.15) is 11.4 Å². The number of rotatable bonds is 7. The Hall–Kier alpha value is -6.28. The van der Waals surface area contributed by atoms with E-state index in [1.54, 1.807) is 118 Å². The topological polar surface area (TPSA) is 221 Å². The van der Waals surface area contributed by atoms with Gasteiger partial charge in [-0.3, -0.25) is 31.9 Å². The van der Waals surface area contributed by atoms with Gasteiger partial charge in [0, 0.05) is 77.6 Å². The van der Waals surface area contributed by atoms with Crippen molar-refractivity contribution >= 4 is 42.9 Å². The molecule has 4 aromatic heterocycles. The fourth-order valence-corrected chi connectivity index (χ4v) is 6.66. The number of nitrogens with zero attached hydrogens (tertiary/aromatic N) is 10. The summed E-state index contributed by atoms with van der Waals surface area (Å²) >= 11 is 5.79. The summed E-state index contributed by atoms with van der Waals surface area (Å²) in [4.78, 5) is 67.6. The van der Waals surface area contributed by atoms with Crippen LogP contribution >= 0.6 is 11.6 Å². The summed E-state index contributed by atoms with van der Waals surface area (Å²) in [5.41, 5.74) is 1.17. The van der Waals surface area contributed by atoms with Crippen LogP contribution < -0.4 is 51.4 Å². The number of halogens is 4. The van der Waals surface area contributed by atoms with Gasteiger partial charge in [-0.1, -0.05) is 42.9 Å². The van der Waals surface area contributed by atoms with Gasteiger partial charge < -0.3 is 29.5 Å². The van der Waals surface area contributed by atoms with Crippen LogP contribution in [0.4, 0.5) is 12.9 Å². The van der Waals surface area contributed by atoms with Gasteiger partial charge in [-0.15, -0.1) is 5.92 Å². The van der Waals surface area contributed by atoms with E-state index in [0.29, 0.717) is 59.2 Å². The number of hydrogen-bond acceptors (Lipinski definition) is 14. The molecule has 2 amide bonds. The van der Waals surface area contributed by atoms with E-state index < -0.39 is 36.6 Å². The van der Waals surface area contributed by atoms with E-state index in [1.807, 2.05) is 12.1 Å². The summed E-state index contributed by atoms with van der Waals surface area (Å²) in [6.45, 7) is 4.95. The van der Waals surface area contributed by atoms with Crippen LogP contribution in [0.25, 0.3) is 34.2 Å². The van der Waals surface area contributed by atoms with E-state index in [0.717, 1.165) is 5.56 Å². The average Bonchev–Trinajstić information content (AvgIpc) is 4.12. The van der Waals surface area contributed by atoms with Gasteiger partial charge in [-0.25, -0.2) is 29.5 Å². The molecule has 0 bridgehead atoms. The van der Waals surface area contributed by atoms with Gasteiger partial charge >= 0.3 is 70.9 Å². The van der Waals surface area contributed by atoms with Crippen molar-refractivity contribution in [2.75, 3.05) is 40.4 Å². The molecule has 2 aliphatic rings. The summed E-state index contributed by atoms with van der Waals surface area (Å²) in [6.07, 6.45) is 4.18. The Labute approximate surface area is 468 Å². The molecule has 2 aromatic carbocycles. The number of likely N-dealkylation sites (N-methyl/N-ethyl adjacent to an activating group) is 2. The first-order chi connectivity index (χ1) is 33.7. The number of ether oxygens (including phenoxy) is 2. The molecule has 18 nitrogen and oxygen atoms in total. The SMILES string of the molecule is C.CCOC(=O)c1cc(-c2ccn(C)n2)nc(-c2cccc(C#C[C@]3(O)CCN(C)C3=O)c2)n1.CCOC(=O)c1cc(-c2ccn(C)n2)nc(Cl)n1.CN1CC[C@@](O)(C#Cc2c[c-]ccc2)C1=O.FB(F)F.[K+]. The Kier molecular flexibility index (Phi) is 23.6. The molecule has 24 heteroatoms. The molecule has 2 N–H and O–H groups in total. The fourth-order valence-electron chi connectivity index (χ4n) is 6.48. The number of aromatic nitrogens is 8. The number of aryl methyl sites for hydroxylation is 2. The minimum atomic E-state index is -3.67. The second-order valence-corrected chi connectivity index (χ2v) is 15.7. The number of benzene rings is 2. The molecule has 0 aliphatic carbocycles. The average molecular weight is 1050 g/mol. The standard InChI is InChI=1S/C24H23N5O4.C13H12NO2.C11H11ClN4O2.CH4.BF3.K/c1-4-33-22(30)20-15-19(18-9-12-29(3)27-18)25-21(26-20)17-7-5-6-16(14-17)8-10-24(32)11-13-28(2)23(24)31;1-14-10-9-13(16,12(14)15)8-7-11-5-3-2-4-6-11;1-3-18-10(17)9-6-8(13-11(12)14-9)7-4-5-16(2)15-7;;2-1(3)4;/h5-7,9,12,14-15,32H,4,11,13H2,1-3H3;2-3,5-6,16H,9-10H2,1H3;4-6H,3H2,1-2H3;1H4;;/q;-1;;;;+1/t24-;13-;;;;/m00..../s1. The first-order valence-electron chi connectivity index (χ1n) is 21.5. The fraction of sp³-hybridized carbons (Fsp3) is 0.306. The van der Waals surface area contributed by atoms with Crippen LogP contribution in [0.5, 0.6) is 0 Å². The molecular weight excluding hydrogens is 999 g/mol. The van der Waals surface area contributed by atoms with Gasteiger partial charge in [0.05, 0.1) is 24.6 Å². The quantitative estimate of drug-likeness (QED) is 0.0771. The maximum atomic E-state index is 12.4. The molecule has 0 saturated carbocycles. The maximum absolute atomic E-state index is 12.4. The van der Waals surface area contributed by atoms with Crippen molar-refractivity contribution in [3.63, 3.8) is 0 Å². The number of carbonyl (C=O) groups excluding carboxylic acids is 4. The van der Waals surface area contributed by atoms with E-state index in [-0.39, 0.29) is 101 Å². The minimum Gasteiger partial charge on any atom is -0.461 e. The van der Waals surface area contributed by atoms with Gasteiger partial charge in [0.2, 0.25) is 16.5 Å². The number of carbonyl (C=O) groups is 4.